The van der Waals surface area contributed by atoms with E-state index in [1.54, 1.807) is 37.4 Å². The number of hydrogen-bond donors (Lipinski definition) is 4. The van der Waals surface area contributed by atoms with Gasteiger partial charge < -0.3 is 29.8 Å². The molecule has 0 saturated carbocycles. The van der Waals surface area contributed by atoms with Crippen molar-refractivity contribution in [1.82, 2.24) is 24.5 Å². The van der Waals surface area contributed by atoms with Crippen molar-refractivity contribution in [2.45, 2.75) is 56.6 Å². The number of anilines is 2. The summed E-state index contributed by atoms with van der Waals surface area (Å²) in [5.41, 5.74) is 5.15. The first-order valence-electron chi connectivity index (χ1n) is 21.2. The fraction of sp³-hybridized carbons (Fsp3) is 0.391. The summed E-state index contributed by atoms with van der Waals surface area (Å²) in [4.78, 5) is 39.9. The summed E-state index contributed by atoms with van der Waals surface area (Å²) in [5.74, 6) is -0.306. The zero-order chi connectivity index (χ0) is 44.1. The molecule has 3 aliphatic heterocycles. The number of likely N-dealkylation sites (tertiary alicyclic amines) is 1. The van der Waals surface area contributed by atoms with Gasteiger partial charge in [-0.05, 0) is 90.4 Å². The number of nitrogens with zero attached hydrogens (tertiary/aromatic N) is 5. The second-order valence-corrected chi connectivity index (χ2v) is 20.3. The lowest BCUT2D eigenvalue weighted by atomic mass is 9.72. The van der Waals surface area contributed by atoms with Gasteiger partial charge in [0.2, 0.25) is 0 Å². The Morgan fingerprint density at radius 2 is 1.81 bits per heavy atom. The van der Waals surface area contributed by atoms with Gasteiger partial charge in [0.1, 0.15) is 40.9 Å². The standard InChI is InChI=1S/C46H51ClN8O7S/c1-45(2)12-10-31(38(22-45)29-4-6-32(47)7-5-29)24-53-14-16-55(17-15-53)34-8-9-37(40(19-34)62-35-18-30-11-13-48-43(30)49-23-35)44(56)52-63(59,60)36-20-39(51-58)42-41(21-36)61-26-33(50-42)25-54-27-46(3,57)28-54/h4-9,11,13,18-21,23,33,50,57H,10,12,14-17,22,24-28H2,1-3H3,(H,48,49)(H,52,56)/t33-/m1/s1. The van der Waals surface area contributed by atoms with Gasteiger partial charge in [-0.15, -0.1) is 4.91 Å². The molecule has 1 amide bonds. The number of fused-ring (bicyclic) bond motifs is 2. The van der Waals surface area contributed by atoms with Crippen LogP contribution in [0, 0.1) is 10.3 Å². The number of benzene rings is 3. The van der Waals surface area contributed by atoms with Crippen LogP contribution >= 0.6 is 11.6 Å². The number of rotatable bonds is 12. The number of nitrogens with one attached hydrogen (secondary N) is 3. The van der Waals surface area contributed by atoms with Crippen LogP contribution in [0.2, 0.25) is 5.02 Å². The minimum Gasteiger partial charge on any atom is -0.489 e. The van der Waals surface area contributed by atoms with Crippen LogP contribution in [0.15, 0.2) is 94.8 Å². The Kier molecular flexibility index (Phi) is 11.5. The number of β-amino-alcohol motifs (C(OH)–C–C–N with tert-alkyl or cyclic N) is 1. The van der Waals surface area contributed by atoms with Crippen LogP contribution in [-0.2, 0) is 10.0 Å². The summed E-state index contributed by atoms with van der Waals surface area (Å²) in [6.45, 7) is 12.2. The lowest BCUT2D eigenvalue weighted by Gasteiger charge is -2.46. The number of allylic oxidation sites excluding steroid dienone is 1. The number of ether oxygens (including phenoxy) is 2. The Morgan fingerprint density at radius 1 is 1.03 bits per heavy atom. The average Bonchev–Trinajstić information content (AvgIpc) is 3.72. The molecule has 2 saturated heterocycles. The molecule has 4 aliphatic rings. The third-order valence-corrected chi connectivity index (χ3v) is 14.0. The Balaban J connectivity index is 0.928. The van der Waals surface area contributed by atoms with Crippen molar-refractivity contribution in [3.05, 3.63) is 106 Å². The number of nitroso groups, excluding NO2 is 1. The van der Waals surface area contributed by atoms with Gasteiger partial charge in [-0.2, -0.15) is 0 Å². The Morgan fingerprint density at radius 3 is 2.56 bits per heavy atom. The number of hydrogen-bond acceptors (Lipinski definition) is 13. The van der Waals surface area contributed by atoms with E-state index >= 15 is 0 Å². The van der Waals surface area contributed by atoms with Crippen molar-refractivity contribution in [2.24, 2.45) is 10.6 Å². The van der Waals surface area contributed by atoms with Crippen LogP contribution in [0.4, 0.5) is 17.1 Å². The molecule has 9 rings (SSSR count). The molecular weight excluding hydrogens is 844 g/mol. The number of sulfonamides is 1. The normalized spacial score (nSPS) is 20.0. The average molecular weight is 895 g/mol. The molecule has 0 bridgehead atoms. The number of amides is 1. The molecule has 1 atom stereocenters. The monoisotopic (exact) mass is 894 g/mol. The van der Waals surface area contributed by atoms with Gasteiger partial charge in [0.15, 0.2) is 0 Å². The lowest BCUT2D eigenvalue weighted by Crippen LogP contribution is -2.62. The van der Waals surface area contributed by atoms with Crippen LogP contribution < -0.4 is 24.4 Å². The minimum absolute atomic E-state index is 0.0190. The number of aromatic nitrogens is 2. The molecule has 2 aromatic heterocycles. The maximum atomic E-state index is 14.0. The molecule has 330 valence electrons. The summed E-state index contributed by atoms with van der Waals surface area (Å²) in [7, 11) is -4.54. The summed E-state index contributed by atoms with van der Waals surface area (Å²) in [6, 6.07) is 19.1. The number of aromatic amines is 1. The summed E-state index contributed by atoms with van der Waals surface area (Å²) in [5, 5.41) is 18.0. The SMILES string of the molecule is CC1(C)CCC(CN2CCN(c3ccc(C(=O)NS(=O)(=O)c4cc(N=O)c5c(c4)OC[C@@H](CN4CC(C)(O)C4)N5)c(Oc4cnc5[nH]ccc5c4)c3)CC2)=C(c2ccc(Cl)cc2)C1. The Bertz CT molecular complexity index is 2700. The van der Waals surface area contributed by atoms with E-state index in [0.717, 1.165) is 74.1 Å². The van der Waals surface area contributed by atoms with Gasteiger partial charge in [0.25, 0.3) is 15.9 Å². The van der Waals surface area contributed by atoms with Gasteiger partial charge in [0.05, 0.1) is 28.3 Å². The maximum Gasteiger partial charge on any atom is 0.268 e. The van der Waals surface area contributed by atoms with E-state index in [1.807, 2.05) is 23.1 Å². The zero-order valence-corrected chi connectivity index (χ0v) is 37.1. The number of pyridine rings is 1. The van der Waals surface area contributed by atoms with E-state index in [2.05, 4.69) is 61.0 Å². The Labute approximate surface area is 371 Å². The van der Waals surface area contributed by atoms with Gasteiger partial charge in [-0.25, -0.2) is 18.1 Å². The molecule has 0 radical (unpaired) electrons. The van der Waals surface area contributed by atoms with Gasteiger partial charge in [-0.3, -0.25) is 14.6 Å². The smallest absolute Gasteiger partial charge is 0.268 e. The number of halogens is 1. The first kappa shape index (κ1) is 42.8. The highest BCUT2D eigenvalue weighted by Gasteiger charge is 2.38. The third kappa shape index (κ3) is 9.41. The number of carbonyl (C=O) groups is 1. The highest BCUT2D eigenvalue weighted by atomic mass is 35.5. The van der Waals surface area contributed by atoms with Crippen LogP contribution in [0.25, 0.3) is 16.6 Å². The quantitative estimate of drug-likeness (QED) is 0.0905. The van der Waals surface area contributed by atoms with E-state index in [-0.39, 0.29) is 51.4 Å². The van der Waals surface area contributed by atoms with E-state index in [1.165, 1.54) is 29.0 Å². The van der Waals surface area contributed by atoms with E-state index in [9.17, 15) is 23.2 Å². The molecule has 63 heavy (non-hydrogen) atoms. The van der Waals surface area contributed by atoms with Crippen molar-refractivity contribution in [2.75, 3.05) is 69.2 Å². The molecule has 15 nitrogen and oxygen atoms in total. The summed E-state index contributed by atoms with van der Waals surface area (Å²) < 4.78 is 42.1. The molecule has 5 aromatic rings. The van der Waals surface area contributed by atoms with Crippen LogP contribution in [0.1, 0.15) is 56.0 Å². The maximum absolute atomic E-state index is 14.0. The molecule has 0 spiro atoms. The number of carbonyl (C=O) groups excluding carboxylic acids is 1. The molecule has 4 N–H and O–H groups in total. The second-order valence-electron chi connectivity index (χ2n) is 18.2. The van der Waals surface area contributed by atoms with E-state index in [0.29, 0.717) is 31.0 Å². The van der Waals surface area contributed by atoms with Crippen molar-refractivity contribution in [3.8, 4) is 17.2 Å². The second kappa shape index (κ2) is 16.9. The molecule has 2 fully saturated rings. The van der Waals surface area contributed by atoms with Crippen molar-refractivity contribution < 1.29 is 27.8 Å². The molecule has 17 heteroatoms. The molecule has 3 aromatic carbocycles. The van der Waals surface area contributed by atoms with Crippen molar-refractivity contribution in [1.29, 1.82) is 0 Å². The van der Waals surface area contributed by atoms with Crippen molar-refractivity contribution in [3.63, 3.8) is 0 Å². The predicted molar refractivity (Wildman–Crippen MR) is 244 cm³/mol. The molecule has 0 unspecified atom stereocenters. The van der Waals surface area contributed by atoms with Crippen LogP contribution in [-0.4, -0.2) is 110 Å². The van der Waals surface area contributed by atoms with E-state index < -0.39 is 21.5 Å². The number of aliphatic hydroxyl groups is 1. The topological polar surface area (TPSA) is 182 Å². The number of H-pyrrole nitrogens is 1. The number of piperazine rings is 1. The first-order chi connectivity index (χ1) is 30.1. The first-order valence-corrected chi connectivity index (χ1v) is 23.1. The largest absolute Gasteiger partial charge is 0.489 e. The van der Waals surface area contributed by atoms with Gasteiger partial charge >= 0.3 is 0 Å². The zero-order valence-electron chi connectivity index (χ0n) is 35.5. The third-order valence-electron chi connectivity index (χ3n) is 12.4. The molecular formula is C46H51ClN8O7S. The Hall–Kier alpha value is -5.52. The van der Waals surface area contributed by atoms with Gasteiger partial charge in [-0.1, -0.05) is 43.2 Å². The van der Waals surface area contributed by atoms with Crippen LogP contribution in [0.5, 0.6) is 17.2 Å². The molecule has 1 aliphatic carbocycles. The fourth-order valence-electron chi connectivity index (χ4n) is 9.17. The molecule has 5 heterocycles. The highest BCUT2D eigenvalue weighted by Crippen LogP contribution is 2.44. The minimum atomic E-state index is -4.54. The van der Waals surface area contributed by atoms with E-state index in [4.69, 9.17) is 21.1 Å². The fourth-order valence-corrected chi connectivity index (χ4v) is 10.3. The highest BCUT2D eigenvalue weighted by molar-refractivity contribution is 7.90. The summed E-state index contributed by atoms with van der Waals surface area (Å²) >= 11 is 6.25. The lowest BCUT2D eigenvalue weighted by molar-refractivity contribution is -0.0853. The van der Waals surface area contributed by atoms with Crippen molar-refractivity contribution >= 4 is 61.2 Å². The summed E-state index contributed by atoms with van der Waals surface area (Å²) in [6.07, 6.45) is 6.50. The predicted octanol–water partition coefficient (Wildman–Crippen LogP) is 7.55. The van der Waals surface area contributed by atoms with Gasteiger partial charge in [0, 0.05) is 86.8 Å². The van der Waals surface area contributed by atoms with Crippen LogP contribution in [0.3, 0.4) is 0 Å².